The summed E-state index contributed by atoms with van der Waals surface area (Å²) in [5.41, 5.74) is 4.78. The van der Waals surface area contributed by atoms with Crippen molar-refractivity contribution in [2.45, 2.75) is 12.5 Å². The molecule has 0 atom stereocenters. The first-order chi connectivity index (χ1) is 7.77. The normalized spacial score (nSPS) is 15.6. The van der Waals surface area contributed by atoms with Gasteiger partial charge in [-0.1, -0.05) is 48.5 Å². The summed E-state index contributed by atoms with van der Waals surface area (Å²) >= 11 is 2.00. The van der Waals surface area contributed by atoms with Crippen molar-refractivity contribution in [3.63, 3.8) is 0 Å². The molecule has 2 aromatic rings. The van der Waals surface area contributed by atoms with E-state index < -0.39 is 0 Å². The van der Waals surface area contributed by atoms with E-state index in [0.717, 1.165) is 0 Å². The summed E-state index contributed by atoms with van der Waals surface area (Å²) in [4.78, 5) is 0. The van der Waals surface area contributed by atoms with Crippen molar-refractivity contribution >= 4 is 23.0 Å². The fourth-order valence-electron chi connectivity index (χ4n) is 2.50. The molecule has 2 heteroatoms. The second-order valence-electron chi connectivity index (χ2n) is 4.20. The van der Waals surface area contributed by atoms with Crippen LogP contribution in [-0.4, -0.2) is 0 Å². The lowest BCUT2D eigenvalue weighted by Gasteiger charge is -2.23. The number of fused-ring (bicyclic) bond motifs is 3. The van der Waals surface area contributed by atoms with Crippen molar-refractivity contribution < 1.29 is 3.07 Å². The average molecular weight is 322 g/mol. The van der Waals surface area contributed by atoms with Crippen LogP contribution >= 0.6 is 23.0 Å². The third-order valence-corrected chi connectivity index (χ3v) is 4.21. The largest absolute Gasteiger partial charge is 0.300 e. The lowest BCUT2D eigenvalue weighted by Crippen LogP contribution is -2.20. The maximum atomic E-state index is 5.72. The van der Waals surface area contributed by atoms with E-state index >= 15 is 0 Å². The Bertz CT molecular complexity index is 502. The van der Waals surface area contributed by atoms with Gasteiger partial charge in [-0.2, -0.15) is 0 Å². The molecule has 0 radical (unpaired) electrons. The molecule has 0 aliphatic heterocycles. The molecule has 2 aromatic carbocycles. The van der Waals surface area contributed by atoms with Gasteiger partial charge in [-0.05, 0) is 29.2 Å². The van der Waals surface area contributed by atoms with Crippen molar-refractivity contribution in [2.75, 3.05) is 0 Å². The molecule has 3 rings (SSSR count). The molecule has 0 N–H and O–H groups in total. The van der Waals surface area contributed by atoms with E-state index in [2.05, 4.69) is 55.5 Å². The van der Waals surface area contributed by atoms with Crippen LogP contribution in [-0.2, 0) is 8.67 Å². The second-order valence-corrected chi connectivity index (χ2v) is 4.64. The molecular weight excluding hydrogens is 311 g/mol. The lowest BCUT2D eigenvalue weighted by atomic mass is 9.94. The third kappa shape index (κ3) is 1.20. The van der Waals surface area contributed by atoms with Gasteiger partial charge in [-0.25, -0.2) is 0 Å². The summed E-state index contributed by atoms with van der Waals surface area (Å²) in [5.74, 6) is 0. The predicted octanol–water partition coefficient (Wildman–Crippen LogP) is 4.30. The first-order valence-electron chi connectivity index (χ1n) is 5.26. The van der Waals surface area contributed by atoms with Crippen LogP contribution in [0.25, 0.3) is 11.1 Å². The minimum absolute atomic E-state index is 0.312. The Morgan fingerprint density at radius 3 is 1.75 bits per heavy atom. The summed E-state index contributed by atoms with van der Waals surface area (Å²) < 4.78 is 5.72. The van der Waals surface area contributed by atoms with Crippen LogP contribution < -0.4 is 0 Å². The van der Waals surface area contributed by atoms with E-state index in [4.69, 9.17) is 3.07 Å². The highest BCUT2D eigenvalue weighted by atomic mass is 127. The van der Waals surface area contributed by atoms with Crippen LogP contribution in [0.4, 0.5) is 0 Å². The zero-order valence-electron chi connectivity index (χ0n) is 8.91. The molecule has 1 aliphatic rings. The van der Waals surface area contributed by atoms with E-state index in [1.54, 1.807) is 0 Å². The lowest BCUT2D eigenvalue weighted by molar-refractivity contribution is 0.211. The molecule has 0 saturated heterocycles. The molecule has 1 nitrogen and oxygen atoms in total. The van der Waals surface area contributed by atoms with Crippen LogP contribution in [0.1, 0.15) is 18.1 Å². The van der Waals surface area contributed by atoms with E-state index in [-0.39, 0.29) is 5.60 Å². The molecule has 1 aliphatic carbocycles. The number of rotatable bonds is 1. The smallest absolute Gasteiger partial charge is 0.129 e. The van der Waals surface area contributed by atoms with Gasteiger partial charge < -0.3 is 0 Å². The molecular formula is C14H11IO. The standard InChI is InChI=1S/C14H11IO/c1-14(16-15)12-8-4-2-6-10(12)11-7-3-5-9-13(11)14/h2-9H,1H3. The third-order valence-electron chi connectivity index (χ3n) is 3.33. The summed E-state index contributed by atoms with van der Waals surface area (Å²) in [6.07, 6.45) is 0. The van der Waals surface area contributed by atoms with Gasteiger partial charge >= 0.3 is 0 Å². The first-order valence-corrected chi connectivity index (χ1v) is 6.14. The monoisotopic (exact) mass is 322 g/mol. The van der Waals surface area contributed by atoms with Crippen molar-refractivity contribution in [3.05, 3.63) is 59.7 Å². The van der Waals surface area contributed by atoms with Crippen LogP contribution in [0.2, 0.25) is 0 Å². The SMILES string of the molecule is CC1(OI)c2ccccc2-c2ccccc21. The zero-order valence-corrected chi connectivity index (χ0v) is 11.1. The van der Waals surface area contributed by atoms with Crippen LogP contribution in [0.5, 0.6) is 0 Å². The van der Waals surface area contributed by atoms with Crippen molar-refractivity contribution in [2.24, 2.45) is 0 Å². The van der Waals surface area contributed by atoms with Gasteiger partial charge in [0.15, 0.2) is 0 Å². The molecule has 16 heavy (non-hydrogen) atoms. The summed E-state index contributed by atoms with van der Waals surface area (Å²) in [5, 5.41) is 0. The topological polar surface area (TPSA) is 9.23 Å². The van der Waals surface area contributed by atoms with Crippen molar-refractivity contribution in [1.29, 1.82) is 0 Å². The number of benzene rings is 2. The Morgan fingerprint density at radius 1 is 0.875 bits per heavy atom. The van der Waals surface area contributed by atoms with Gasteiger partial charge in [0.25, 0.3) is 0 Å². The molecule has 0 spiro atoms. The molecule has 80 valence electrons. The van der Waals surface area contributed by atoms with E-state index in [1.165, 1.54) is 22.3 Å². The van der Waals surface area contributed by atoms with Gasteiger partial charge in [0.05, 0.1) is 0 Å². The number of hydrogen-bond acceptors (Lipinski definition) is 1. The first kappa shape index (κ1) is 10.3. The maximum Gasteiger partial charge on any atom is 0.129 e. The predicted molar refractivity (Wildman–Crippen MR) is 73.4 cm³/mol. The van der Waals surface area contributed by atoms with Crippen LogP contribution in [0.3, 0.4) is 0 Å². The van der Waals surface area contributed by atoms with E-state index in [1.807, 2.05) is 23.0 Å². The minimum Gasteiger partial charge on any atom is -0.300 e. The highest BCUT2D eigenvalue weighted by Gasteiger charge is 2.39. The number of halogens is 1. The fourth-order valence-corrected chi connectivity index (χ4v) is 2.97. The Kier molecular flexibility index (Phi) is 2.30. The molecule has 0 bridgehead atoms. The van der Waals surface area contributed by atoms with Gasteiger partial charge in [0.1, 0.15) is 28.6 Å². The summed E-state index contributed by atoms with van der Waals surface area (Å²) in [6.45, 7) is 2.13. The quantitative estimate of drug-likeness (QED) is 0.712. The highest BCUT2D eigenvalue weighted by Crippen LogP contribution is 2.49. The molecule has 0 heterocycles. The zero-order chi connectivity index (χ0) is 11.2. The van der Waals surface area contributed by atoms with E-state index in [0.29, 0.717) is 0 Å². The Labute approximate surface area is 109 Å². The van der Waals surface area contributed by atoms with Gasteiger partial charge in [0.2, 0.25) is 0 Å². The van der Waals surface area contributed by atoms with Gasteiger partial charge in [0, 0.05) is 0 Å². The Morgan fingerprint density at radius 2 is 1.31 bits per heavy atom. The highest BCUT2D eigenvalue weighted by molar-refractivity contribution is 14.1. The fraction of sp³-hybridized carbons (Fsp3) is 0.143. The minimum atomic E-state index is -0.312. The van der Waals surface area contributed by atoms with Crippen LogP contribution in [0.15, 0.2) is 48.5 Å². The van der Waals surface area contributed by atoms with E-state index in [9.17, 15) is 0 Å². The molecule has 0 unspecified atom stereocenters. The Hall–Kier alpha value is -0.870. The molecule has 0 amide bonds. The average Bonchev–Trinajstić information content (AvgIpc) is 2.62. The van der Waals surface area contributed by atoms with Crippen molar-refractivity contribution in [1.82, 2.24) is 0 Å². The van der Waals surface area contributed by atoms with Crippen LogP contribution in [0, 0.1) is 0 Å². The van der Waals surface area contributed by atoms with Gasteiger partial charge in [-0.3, -0.25) is 3.07 Å². The van der Waals surface area contributed by atoms with Crippen molar-refractivity contribution in [3.8, 4) is 11.1 Å². The Balaban J connectivity index is 2.39. The summed E-state index contributed by atoms with van der Waals surface area (Å²) in [7, 11) is 0. The molecule has 0 fully saturated rings. The molecule has 0 saturated carbocycles. The second kappa shape index (κ2) is 3.57. The van der Waals surface area contributed by atoms with Gasteiger partial charge in [-0.15, -0.1) is 0 Å². The number of hydrogen-bond donors (Lipinski definition) is 0. The molecule has 0 aromatic heterocycles. The maximum absolute atomic E-state index is 5.72. The summed E-state index contributed by atoms with van der Waals surface area (Å²) in [6, 6.07) is 16.9.